The van der Waals surface area contributed by atoms with Crippen molar-refractivity contribution in [2.24, 2.45) is 17.8 Å². The molecule has 28 heavy (non-hydrogen) atoms. The molecule has 0 saturated heterocycles. The van der Waals surface area contributed by atoms with Crippen molar-refractivity contribution in [3.63, 3.8) is 0 Å². The molecule has 154 valence electrons. The van der Waals surface area contributed by atoms with Crippen molar-refractivity contribution in [2.75, 3.05) is 20.6 Å². The predicted octanol–water partition coefficient (Wildman–Crippen LogP) is 4.65. The summed E-state index contributed by atoms with van der Waals surface area (Å²) in [6.07, 6.45) is 12.5. The highest BCUT2D eigenvalue weighted by Crippen LogP contribution is 2.48. The number of allylic oxidation sites excluding steroid dienone is 2. The lowest BCUT2D eigenvalue weighted by Gasteiger charge is -2.19. The molecule has 1 aromatic rings. The van der Waals surface area contributed by atoms with Crippen molar-refractivity contribution in [1.82, 2.24) is 4.90 Å². The summed E-state index contributed by atoms with van der Waals surface area (Å²) < 4.78 is 0. The van der Waals surface area contributed by atoms with E-state index in [9.17, 15) is 10.2 Å². The Labute approximate surface area is 170 Å². The SMILES string of the molecule is Cc1cccc([C@@H](O)C=C[C@@H]2[C@H]3CC(CCCCCN(C)C)=C[C@H]3C[C@H]2O)c1. The van der Waals surface area contributed by atoms with E-state index < -0.39 is 6.10 Å². The zero-order valence-electron chi connectivity index (χ0n) is 17.7. The minimum absolute atomic E-state index is 0.159. The number of aliphatic hydroxyl groups excluding tert-OH is 2. The standard InChI is InChI=1S/C25H37NO2/c1-18-8-7-10-20(14-18)24(27)12-11-22-23-16-19(15-21(23)17-25(22)28)9-5-4-6-13-26(2)3/h7-8,10-12,14-15,21-25,27-28H,4-6,9,13,16-17H2,1-3H3/t21-,22+,23-,24-,25+/m0/s1. The maximum atomic E-state index is 10.5. The lowest BCUT2D eigenvalue weighted by molar-refractivity contribution is 0.140. The van der Waals surface area contributed by atoms with E-state index in [2.05, 4.69) is 31.1 Å². The predicted molar refractivity (Wildman–Crippen MR) is 116 cm³/mol. The Bertz CT molecular complexity index is 694. The molecule has 0 aliphatic heterocycles. The molecule has 0 amide bonds. The first-order chi connectivity index (χ1) is 13.4. The first kappa shape index (κ1) is 21.3. The molecule has 0 aromatic heterocycles. The van der Waals surface area contributed by atoms with Gasteiger partial charge in [-0.1, -0.05) is 60.1 Å². The van der Waals surface area contributed by atoms with Gasteiger partial charge in [0.25, 0.3) is 0 Å². The molecule has 1 fully saturated rings. The van der Waals surface area contributed by atoms with Crippen molar-refractivity contribution in [1.29, 1.82) is 0 Å². The maximum Gasteiger partial charge on any atom is 0.0972 e. The van der Waals surface area contributed by atoms with Crippen molar-refractivity contribution < 1.29 is 10.2 Å². The third kappa shape index (κ3) is 5.56. The summed E-state index contributed by atoms with van der Waals surface area (Å²) in [5, 5.41) is 21.0. The molecular formula is C25H37NO2. The number of rotatable bonds is 9. The lowest BCUT2D eigenvalue weighted by Crippen LogP contribution is -2.17. The molecule has 1 saturated carbocycles. The largest absolute Gasteiger partial charge is 0.392 e. The van der Waals surface area contributed by atoms with Crippen molar-refractivity contribution >= 4 is 0 Å². The molecule has 5 atom stereocenters. The van der Waals surface area contributed by atoms with Crippen LogP contribution in [0.2, 0.25) is 0 Å². The van der Waals surface area contributed by atoms with E-state index >= 15 is 0 Å². The van der Waals surface area contributed by atoms with E-state index in [0.29, 0.717) is 11.8 Å². The van der Waals surface area contributed by atoms with E-state index in [0.717, 1.165) is 24.0 Å². The normalized spacial score (nSPS) is 28.1. The first-order valence-corrected chi connectivity index (χ1v) is 10.9. The Balaban J connectivity index is 1.51. The molecule has 3 nitrogen and oxygen atoms in total. The second-order valence-electron chi connectivity index (χ2n) is 9.09. The molecule has 3 heteroatoms. The Morgan fingerprint density at radius 2 is 2.04 bits per heavy atom. The quantitative estimate of drug-likeness (QED) is 0.482. The number of nitrogens with zero attached hydrogens (tertiary/aromatic N) is 1. The molecule has 0 bridgehead atoms. The molecule has 0 spiro atoms. The van der Waals surface area contributed by atoms with Gasteiger partial charge in [0.15, 0.2) is 0 Å². The van der Waals surface area contributed by atoms with E-state index in [4.69, 9.17) is 0 Å². The second kappa shape index (κ2) is 9.87. The molecule has 1 aromatic carbocycles. The molecule has 0 unspecified atom stereocenters. The van der Waals surface area contributed by atoms with Crippen LogP contribution in [0.5, 0.6) is 0 Å². The maximum absolute atomic E-state index is 10.5. The zero-order chi connectivity index (χ0) is 20.1. The number of hydrogen-bond acceptors (Lipinski definition) is 3. The fourth-order valence-corrected chi connectivity index (χ4v) is 4.95. The Morgan fingerprint density at radius 3 is 2.79 bits per heavy atom. The van der Waals surface area contributed by atoms with Crippen LogP contribution in [-0.2, 0) is 0 Å². The van der Waals surface area contributed by atoms with Crippen molar-refractivity contribution in [3.05, 3.63) is 59.2 Å². The summed E-state index contributed by atoms with van der Waals surface area (Å²) in [6, 6.07) is 8.00. The number of benzene rings is 1. The van der Waals surface area contributed by atoms with Gasteiger partial charge in [-0.15, -0.1) is 0 Å². The van der Waals surface area contributed by atoms with E-state index in [-0.39, 0.29) is 12.0 Å². The van der Waals surface area contributed by atoms with Gasteiger partial charge in [-0.3, -0.25) is 0 Å². The molecule has 2 aliphatic rings. The van der Waals surface area contributed by atoms with Gasteiger partial charge >= 0.3 is 0 Å². The summed E-state index contributed by atoms with van der Waals surface area (Å²) >= 11 is 0. The van der Waals surface area contributed by atoms with E-state index in [1.165, 1.54) is 32.2 Å². The average Bonchev–Trinajstić information content (AvgIpc) is 3.15. The number of hydrogen-bond donors (Lipinski definition) is 2. The minimum atomic E-state index is -0.600. The van der Waals surface area contributed by atoms with Crippen LogP contribution in [0.3, 0.4) is 0 Å². The first-order valence-electron chi connectivity index (χ1n) is 10.9. The van der Waals surface area contributed by atoms with Crippen LogP contribution in [0, 0.1) is 24.7 Å². The highest BCUT2D eigenvalue weighted by atomic mass is 16.3. The summed E-state index contributed by atoms with van der Waals surface area (Å²) in [7, 11) is 4.27. The molecule has 2 aliphatic carbocycles. The van der Waals surface area contributed by atoms with Gasteiger partial charge in [0.1, 0.15) is 0 Å². The van der Waals surface area contributed by atoms with Crippen molar-refractivity contribution in [3.8, 4) is 0 Å². The van der Waals surface area contributed by atoms with Crippen LogP contribution in [0.1, 0.15) is 55.8 Å². The van der Waals surface area contributed by atoms with Gasteiger partial charge in [0.05, 0.1) is 12.2 Å². The Morgan fingerprint density at radius 1 is 1.21 bits per heavy atom. The highest BCUT2D eigenvalue weighted by Gasteiger charge is 2.43. The van der Waals surface area contributed by atoms with Crippen LogP contribution >= 0.6 is 0 Å². The third-order valence-corrected chi connectivity index (χ3v) is 6.45. The van der Waals surface area contributed by atoms with Crippen LogP contribution in [0.15, 0.2) is 48.1 Å². The molecule has 0 radical (unpaired) electrons. The number of fused-ring (bicyclic) bond motifs is 1. The Hall–Kier alpha value is -1.42. The number of aryl methyl sites for hydroxylation is 1. The summed E-state index contributed by atoms with van der Waals surface area (Å²) in [4.78, 5) is 2.25. The number of aliphatic hydroxyl groups is 2. The van der Waals surface area contributed by atoms with Gasteiger partial charge in [-0.05, 0) is 77.1 Å². The van der Waals surface area contributed by atoms with E-state index in [1.54, 1.807) is 5.57 Å². The lowest BCUT2D eigenvalue weighted by atomic mass is 9.88. The topological polar surface area (TPSA) is 43.7 Å². The van der Waals surface area contributed by atoms with Crippen LogP contribution < -0.4 is 0 Å². The molecular weight excluding hydrogens is 346 g/mol. The average molecular weight is 384 g/mol. The minimum Gasteiger partial charge on any atom is -0.392 e. The zero-order valence-corrected chi connectivity index (χ0v) is 17.7. The summed E-state index contributed by atoms with van der Waals surface area (Å²) in [5.41, 5.74) is 3.66. The fourth-order valence-electron chi connectivity index (χ4n) is 4.95. The van der Waals surface area contributed by atoms with Crippen LogP contribution in [0.4, 0.5) is 0 Å². The second-order valence-corrected chi connectivity index (χ2v) is 9.09. The molecule has 2 N–H and O–H groups in total. The highest BCUT2D eigenvalue weighted by molar-refractivity contribution is 5.27. The van der Waals surface area contributed by atoms with E-state index in [1.807, 2.05) is 37.3 Å². The molecule has 3 rings (SSSR count). The number of unbranched alkanes of at least 4 members (excludes halogenated alkanes) is 2. The van der Waals surface area contributed by atoms with Gasteiger partial charge in [-0.25, -0.2) is 0 Å². The molecule has 0 heterocycles. The van der Waals surface area contributed by atoms with Gasteiger partial charge in [0, 0.05) is 5.92 Å². The van der Waals surface area contributed by atoms with Gasteiger partial charge < -0.3 is 15.1 Å². The summed E-state index contributed by atoms with van der Waals surface area (Å²) in [6.45, 7) is 3.21. The van der Waals surface area contributed by atoms with Crippen LogP contribution in [-0.4, -0.2) is 41.9 Å². The van der Waals surface area contributed by atoms with Crippen LogP contribution in [0.25, 0.3) is 0 Å². The monoisotopic (exact) mass is 383 g/mol. The van der Waals surface area contributed by atoms with Crippen molar-refractivity contribution in [2.45, 2.75) is 57.7 Å². The van der Waals surface area contributed by atoms with Gasteiger partial charge in [0.2, 0.25) is 0 Å². The fraction of sp³-hybridized carbons (Fsp3) is 0.600. The van der Waals surface area contributed by atoms with Gasteiger partial charge in [-0.2, -0.15) is 0 Å². The smallest absolute Gasteiger partial charge is 0.0972 e. The third-order valence-electron chi connectivity index (χ3n) is 6.45. The summed E-state index contributed by atoms with van der Waals surface area (Å²) in [5.74, 6) is 1.18. The Kier molecular flexibility index (Phi) is 7.50.